The monoisotopic (exact) mass is 391 g/mol. The molecule has 4 heterocycles. The van der Waals surface area contributed by atoms with Gasteiger partial charge in [-0.05, 0) is 19.4 Å². The molecule has 2 N–H and O–H groups in total. The second-order valence-electron chi connectivity index (χ2n) is 7.44. The highest BCUT2D eigenvalue weighted by Gasteiger charge is 2.39. The van der Waals surface area contributed by atoms with Gasteiger partial charge in [-0.2, -0.15) is 23.5 Å². The van der Waals surface area contributed by atoms with E-state index in [-0.39, 0.29) is 23.6 Å². The number of hydrogen-bond donors (Lipinski definition) is 2. The standard InChI is InChI=1S/C19H21F3N6/c1-12-4-7-27(12)18-15(9-23)16(19(20,21)22)8-17(26-18)13-10-25-28(11-13)14-2-5-24-6-3-14/h8,10-12,14,24H,2-7H2,1H3/p+1/t12-/m0/s1. The summed E-state index contributed by atoms with van der Waals surface area (Å²) in [6.07, 6.45) is 1.66. The molecule has 0 saturated carbocycles. The Morgan fingerprint density at radius 3 is 2.61 bits per heavy atom. The van der Waals surface area contributed by atoms with Crippen LogP contribution in [0, 0.1) is 11.3 Å². The van der Waals surface area contributed by atoms with Gasteiger partial charge in [0.2, 0.25) is 6.20 Å². The average Bonchev–Trinajstić information content (AvgIpc) is 3.16. The van der Waals surface area contributed by atoms with E-state index in [1.165, 1.54) is 0 Å². The van der Waals surface area contributed by atoms with E-state index in [4.69, 9.17) is 0 Å². The number of piperidine rings is 1. The van der Waals surface area contributed by atoms with Crippen LogP contribution in [0.4, 0.5) is 19.0 Å². The lowest BCUT2D eigenvalue weighted by molar-refractivity contribution is -0.775. The van der Waals surface area contributed by atoms with Gasteiger partial charge in [0.05, 0.1) is 23.0 Å². The normalized spacial score (nSPS) is 20.7. The van der Waals surface area contributed by atoms with E-state index in [9.17, 15) is 18.4 Å². The molecule has 2 aliphatic heterocycles. The molecular formula is C19H22F3N6+. The summed E-state index contributed by atoms with van der Waals surface area (Å²) in [5.74, 6) is 0.126. The Labute approximate surface area is 161 Å². The molecule has 2 aromatic heterocycles. The zero-order valence-corrected chi connectivity index (χ0v) is 15.6. The highest BCUT2D eigenvalue weighted by molar-refractivity contribution is 5.68. The van der Waals surface area contributed by atoms with E-state index in [1.54, 1.807) is 17.2 Å². The third-order valence-corrected chi connectivity index (χ3v) is 5.65. The van der Waals surface area contributed by atoms with Gasteiger partial charge in [0.15, 0.2) is 6.04 Å². The van der Waals surface area contributed by atoms with Crippen LogP contribution < -0.4 is 14.9 Å². The number of rotatable bonds is 3. The summed E-state index contributed by atoms with van der Waals surface area (Å²) in [4.78, 5) is 6.25. The maximum absolute atomic E-state index is 13.7. The van der Waals surface area contributed by atoms with Gasteiger partial charge in [0, 0.05) is 38.5 Å². The fraction of sp³-hybridized carbons (Fsp3) is 0.526. The van der Waals surface area contributed by atoms with Crippen LogP contribution in [0.15, 0.2) is 18.5 Å². The van der Waals surface area contributed by atoms with E-state index in [0.29, 0.717) is 12.1 Å². The molecule has 28 heavy (non-hydrogen) atoms. The van der Waals surface area contributed by atoms with Crippen molar-refractivity contribution in [2.45, 2.75) is 44.4 Å². The SMILES string of the molecule is C[C@H]1CCN1c1nc(-c2c[nH][n+](C3CCNCC3)c2)cc(C(F)(F)F)c1C#N. The Bertz CT molecular complexity index is 907. The summed E-state index contributed by atoms with van der Waals surface area (Å²) in [5, 5.41) is 15.9. The van der Waals surface area contributed by atoms with Gasteiger partial charge in [-0.25, -0.2) is 4.98 Å². The zero-order valence-electron chi connectivity index (χ0n) is 15.6. The number of H-pyrrole nitrogens is 1. The second kappa shape index (κ2) is 7.09. The Morgan fingerprint density at radius 2 is 2.04 bits per heavy atom. The number of aromatic nitrogens is 3. The summed E-state index contributed by atoms with van der Waals surface area (Å²) in [6, 6.07) is 3.07. The summed E-state index contributed by atoms with van der Waals surface area (Å²) >= 11 is 0. The Hall–Kier alpha value is -2.60. The van der Waals surface area contributed by atoms with Crippen molar-refractivity contribution in [1.29, 1.82) is 5.26 Å². The molecular weight excluding hydrogens is 369 g/mol. The molecule has 0 unspecified atom stereocenters. The first kappa shape index (κ1) is 18.7. The molecule has 148 valence electrons. The third-order valence-electron chi connectivity index (χ3n) is 5.65. The van der Waals surface area contributed by atoms with Crippen LogP contribution in [0.25, 0.3) is 11.3 Å². The second-order valence-corrected chi connectivity index (χ2v) is 7.44. The van der Waals surface area contributed by atoms with Crippen molar-refractivity contribution < 1.29 is 17.9 Å². The quantitative estimate of drug-likeness (QED) is 0.790. The fourth-order valence-corrected chi connectivity index (χ4v) is 3.86. The van der Waals surface area contributed by atoms with Crippen molar-refractivity contribution in [1.82, 2.24) is 15.4 Å². The van der Waals surface area contributed by atoms with Crippen LogP contribution in [-0.2, 0) is 6.18 Å². The van der Waals surface area contributed by atoms with Gasteiger partial charge < -0.3 is 10.2 Å². The number of hydrogen-bond acceptors (Lipinski definition) is 4. The van der Waals surface area contributed by atoms with Gasteiger partial charge in [0.25, 0.3) is 0 Å². The van der Waals surface area contributed by atoms with Gasteiger partial charge in [-0.3, -0.25) is 0 Å². The number of nitrogens with one attached hydrogen (secondary N) is 2. The topological polar surface area (TPSA) is 71.6 Å². The smallest absolute Gasteiger partial charge is 0.353 e. The molecule has 9 heteroatoms. The predicted molar refractivity (Wildman–Crippen MR) is 96.5 cm³/mol. The Morgan fingerprint density at radius 1 is 1.29 bits per heavy atom. The molecule has 0 radical (unpaired) electrons. The lowest BCUT2D eigenvalue weighted by Gasteiger charge is -2.40. The van der Waals surface area contributed by atoms with Crippen molar-refractivity contribution in [2.75, 3.05) is 24.5 Å². The molecule has 0 aromatic carbocycles. The molecule has 0 spiro atoms. The zero-order chi connectivity index (χ0) is 19.9. The minimum Gasteiger partial charge on any atom is -0.353 e. The van der Waals surface area contributed by atoms with Gasteiger partial charge in [-0.1, -0.05) is 0 Å². The lowest BCUT2D eigenvalue weighted by Crippen LogP contribution is -2.47. The first-order chi connectivity index (χ1) is 13.4. The molecule has 1 atom stereocenters. The van der Waals surface area contributed by atoms with Gasteiger partial charge >= 0.3 is 6.18 Å². The Balaban J connectivity index is 1.78. The van der Waals surface area contributed by atoms with Crippen LogP contribution in [0.2, 0.25) is 0 Å². The first-order valence-corrected chi connectivity index (χ1v) is 9.48. The molecule has 0 bridgehead atoms. The largest absolute Gasteiger partial charge is 0.417 e. The summed E-state index contributed by atoms with van der Waals surface area (Å²) in [7, 11) is 0. The number of alkyl halides is 3. The van der Waals surface area contributed by atoms with Crippen LogP contribution in [0.5, 0.6) is 0 Å². The van der Waals surface area contributed by atoms with Crippen LogP contribution >= 0.6 is 0 Å². The van der Waals surface area contributed by atoms with Crippen molar-refractivity contribution >= 4 is 5.82 Å². The average molecular weight is 391 g/mol. The van der Waals surface area contributed by atoms with E-state index in [0.717, 1.165) is 38.4 Å². The maximum atomic E-state index is 13.7. The highest BCUT2D eigenvalue weighted by Crippen LogP contribution is 2.39. The van der Waals surface area contributed by atoms with E-state index in [1.807, 2.05) is 17.8 Å². The van der Waals surface area contributed by atoms with E-state index >= 15 is 0 Å². The lowest BCUT2D eigenvalue weighted by atomic mass is 10.0. The van der Waals surface area contributed by atoms with Gasteiger partial charge in [0.1, 0.15) is 17.5 Å². The summed E-state index contributed by atoms with van der Waals surface area (Å²) < 4.78 is 43.0. The van der Waals surface area contributed by atoms with E-state index < -0.39 is 17.3 Å². The molecule has 2 fully saturated rings. The predicted octanol–water partition coefficient (Wildman–Crippen LogP) is 2.78. The van der Waals surface area contributed by atoms with Crippen molar-refractivity contribution in [3.8, 4) is 17.3 Å². The number of aromatic amines is 1. The number of nitrogens with zero attached hydrogens (tertiary/aromatic N) is 4. The highest BCUT2D eigenvalue weighted by atomic mass is 19.4. The molecule has 0 amide bonds. The molecule has 0 aliphatic carbocycles. The summed E-state index contributed by atoms with van der Waals surface area (Å²) in [5.41, 5.74) is -0.513. The fourth-order valence-electron chi connectivity index (χ4n) is 3.86. The van der Waals surface area contributed by atoms with Crippen LogP contribution in [-0.4, -0.2) is 35.8 Å². The van der Waals surface area contributed by atoms with Gasteiger partial charge in [-0.15, -0.1) is 4.68 Å². The number of anilines is 1. The molecule has 6 nitrogen and oxygen atoms in total. The molecule has 4 rings (SSSR count). The maximum Gasteiger partial charge on any atom is 0.417 e. The number of nitriles is 1. The summed E-state index contributed by atoms with van der Waals surface area (Å²) in [6.45, 7) is 4.35. The molecule has 2 aromatic rings. The van der Waals surface area contributed by atoms with Crippen molar-refractivity contribution in [3.05, 3.63) is 29.6 Å². The minimum atomic E-state index is -4.62. The van der Waals surface area contributed by atoms with Crippen molar-refractivity contribution in [2.24, 2.45) is 0 Å². The minimum absolute atomic E-state index is 0.0711. The Kier molecular flexibility index (Phi) is 4.75. The first-order valence-electron chi connectivity index (χ1n) is 9.48. The van der Waals surface area contributed by atoms with Crippen LogP contribution in [0.3, 0.4) is 0 Å². The van der Waals surface area contributed by atoms with Crippen LogP contribution in [0.1, 0.15) is 43.4 Å². The molecule has 2 saturated heterocycles. The molecule has 2 aliphatic rings. The number of pyridine rings is 1. The third kappa shape index (κ3) is 3.33. The number of halogens is 3. The van der Waals surface area contributed by atoms with Crippen molar-refractivity contribution in [3.63, 3.8) is 0 Å². The van der Waals surface area contributed by atoms with E-state index in [2.05, 4.69) is 15.4 Å².